The minimum absolute atomic E-state index is 0.778. The molecule has 1 aromatic carbocycles. The van der Waals surface area contributed by atoms with Crippen LogP contribution in [0.25, 0.3) is 4.13 Å². The summed E-state index contributed by atoms with van der Waals surface area (Å²) in [4.78, 5) is 0. The average Bonchev–Trinajstić information content (AvgIpc) is 3.21. The minimum Gasteiger partial charge on any atom is -0.421 e. The van der Waals surface area contributed by atoms with Gasteiger partial charge >= 0.3 is 11.0 Å². The van der Waals surface area contributed by atoms with E-state index in [9.17, 15) is 43.2 Å². The largest absolute Gasteiger partial charge is 0.480 e. The van der Waals surface area contributed by atoms with Crippen LogP contribution in [-0.2, 0) is 33.1 Å². The molecule has 0 aliphatic heterocycles. The molecule has 2 aromatic rings. The molecule has 0 atom stereocenters. The predicted octanol–water partition coefficient (Wildman–Crippen LogP) is 6.02. The summed E-state index contributed by atoms with van der Waals surface area (Å²) in [6.45, 7) is 4.39. The molecule has 0 unspecified atom stereocenters. The topological polar surface area (TPSA) is 91.2 Å². The van der Waals surface area contributed by atoms with Crippen molar-refractivity contribution in [3.63, 3.8) is 0 Å². The Morgan fingerprint density at radius 3 is 1.76 bits per heavy atom. The van der Waals surface area contributed by atoms with E-state index in [4.69, 9.17) is 0 Å². The van der Waals surface area contributed by atoms with Crippen molar-refractivity contribution in [1.29, 1.82) is 0 Å². The molecule has 37 heavy (non-hydrogen) atoms. The van der Waals surface area contributed by atoms with Gasteiger partial charge in [-0.1, -0.05) is 75.8 Å². The Hall–Kier alpha value is -2.13. The average molecular weight is 580 g/mol. The van der Waals surface area contributed by atoms with E-state index in [-0.39, 0.29) is 0 Å². The Morgan fingerprint density at radius 2 is 1.27 bits per heavy atom. The van der Waals surface area contributed by atoms with Crippen LogP contribution in [0, 0.1) is 0 Å². The van der Waals surface area contributed by atoms with Gasteiger partial charge in [-0.25, -0.2) is 26.0 Å². The van der Waals surface area contributed by atoms with Gasteiger partial charge in [0.15, 0.2) is 20.0 Å². The number of alkyl halides is 6. The third-order valence-corrected chi connectivity index (χ3v) is 7.75. The highest BCUT2D eigenvalue weighted by Gasteiger charge is 2.46. The summed E-state index contributed by atoms with van der Waals surface area (Å²) in [6, 6.07) is 10.6. The monoisotopic (exact) mass is 579 g/mol. The smallest absolute Gasteiger partial charge is 0.421 e. The van der Waals surface area contributed by atoms with Crippen molar-refractivity contribution in [2.75, 3.05) is 0 Å². The molecule has 7 nitrogen and oxygen atoms in total. The second kappa shape index (κ2) is 14.7. The van der Waals surface area contributed by atoms with E-state index < -0.39 is 31.1 Å². The van der Waals surface area contributed by atoms with Crippen LogP contribution in [-0.4, -0.2) is 32.4 Å². The molecule has 2 rings (SSSR count). The number of hydrogen-bond donors (Lipinski definition) is 0. The SMILES string of the molecule is CCCCCCCCCCn1cc[n+](Cc2ccccc2)c1.O=S(=O)([N-]S(=O)(=O)C(F)(F)F)C(F)(F)F. The number of hydrogen-bond acceptors (Lipinski definition) is 4. The lowest BCUT2D eigenvalue weighted by Gasteiger charge is -2.22. The molecular weight excluding hydrogens is 548 g/mol. The molecule has 0 radical (unpaired) electrons. The molecule has 212 valence electrons. The summed E-state index contributed by atoms with van der Waals surface area (Å²) in [6.07, 6.45) is 17.7. The molecule has 0 spiro atoms. The molecule has 0 aliphatic rings. The number of rotatable bonds is 13. The first kappa shape index (κ1) is 32.9. The molecule has 1 aromatic heterocycles. The fourth-order valence-electron chi connectivity index (χ4n) is 3.10. The quantitative estimate of drug-likeness (QED) is 0.165. The van der Waals surface area contributed by atoms with Gasteiger partial charge in [-0.3, -0.25) is 0 Å². The lowest BCUT2D eigenvalue weighted by molar-refractivity contribution is -0.687. The Labute approximate surface area is 213 Å². The van der Waals surface area contributed by atoms with Gasteiger partial charge in [-0.2, -0.15) is 26.3 Å². The van der Waals surface area contributed by atoms with E-state index in [0.29, 0.717) is 0 Å². The summed E-state index contributed by atoms with van der Waals surface area (Å²) in [7, 11) is -13.4. The van der Waals surface area contributed by atoms with Gasteiger partial charge in [0, 0.05) is 0 Å². The van der Waals surface area contributed by atoms with Crippen LogP contribution in [0.3, 0.4) is 0 Å². The number of sulfonamides is 2. The van der Waals surface area contributed by atoms with Crippen LogP contribution in [0.5, 0.6) is 0 Å². The van der Waals surface area contributed by atoms with Gasteiger partial charge in [0.05, 0.1) is 6.54 Å². The second-order valence-corrected chi connectivity index (χ2v) is 11.6. The maximum absolute atomic E-state index is 11.4. The Bertz CT molecular complexity index is 1090. The molecule has 0 saturated carbocycles. The Balaban J connectivity index is 0.000000401. The first-order valence-corrected chi connectivity index (χ1v) is 14.4. The zero-order chi connectivity index (χ0) is 28.2. The third kappa shape index (κ3) is 12.3. The molecule has 0 fully saturated rings. The van der Waals surface area contributed by atoms with Crippen molar-refractivity contribution >= 4 is 20.0 Å². The maximum atomic E-state index is 11.4. The van der Waals surface area contributed by atoms with Crippen molar-refractivity contribution in [3.8, 4) is 0 Å². The number of unbranched alkanes of at least 4 members (excludes halogenated alkanes) is 7. The molecule has 0 bridgehead atoms. The lowest BCUT2D eigenvalue weighted by atomic mass is 10.1. The lowest BCUT2D eigenvalue weighted by Crippen LogP contribution is -2.31. The van der Waals surface area contributed by atoms with Crippen LogP contribution in [0.4, 0.5) is 26.3 Å². The number of aryl methyl sites for hydroxylation is 1. The minimum atomic E-state index is -6.72. The van der Waals surface area contributed by atoms with Crippen molar-refractivity contribution in [2.45, 2.75) is 82.4 Å². The molecule has 1 heterocycles. The second-order valence-electron chi connectivity index (χ2n) is 8.20. The molecule has 15 heteroatoms. The van der Waals surface area contributed by atoms with E-state index in [2.05, 4.69) is 65.1 Å². The summed E-state index contributed by atoms with van der Waals surface area (Å²) in [5.41, 5.74) is -11.0. The van der Waals surface area contributed by atoms with Crippen molar-refractivity contribution in [1.82, 2.24) is 4.57 Å². The van der Waals surface area contributed by atoms with Gasteiger partial charge in [0.25, 0.3) is 0 Å². The van der Waals surface area contributed by atoms with E-state index >= 15 is 0 Å². The molecule has 0 aliphatic carbocycles. The zero-order valence-electron chi connectivity index (χ0n) is 20.2. The van der Waals surface area contributed by atoms with Crippen molar-refractivity contribution in [3.05, 3.63) is 58.7 Å². The molecule has 0 amide bonds. The van der Waals surface area contributed by atoms with E-state index in [1.165, 1.54) is 56.9 Å². The summed E-state index contributed by atoms with van der Waals surface area (Å²) in [5.74, 6) is 0. The highest BCUT2D eigenvalue weighted by Crippen LogP contribution is 2.36. The third-order valence-electron chi connectivity index (χ3n) is 5.01. The van der Waals surface area contributed by atoms with Crippen LogP contribution in [0.15, 0.2) is 49.1 Å². The number of halogens is 6. The Morgan fingerprint density at radius 1 is 0.784 bits per heavy atom. The zero-order valence-corrected chi connectivity index (χ0v) is 21.9. The van der Waals surface area contributed by atoms with E-state index in [1.807, 2.05) is 0 Å². The number of aromatic nitrogens is 2. The molecule has 0 saturated heterocycles. The molecule has 0 N–H and O–H groups in total. The van der Waals surface area contributed by atoms with Gasteiger partial charge < -0.3 is 4.13 Å². The highest BCUT2D eigenvalue weighted by atomic mass is 32.3. The summed E-state index contributed by atoms with van der Waals surface area (Å²) >= 11 is 0. The fraction of sp³-hybridized carbons (Fsp3) is 0.591. The van der Waals surface area contributed by atoms with Gasteiger partial charge in [-0.05, 0) is 18.4 Å². The number of benzene rings is 1. The normalized spacial score (nSPS) is 12.7. The predicted molar refractivity (Wildman–Crippen MR) is 126 cm³/mol. The number of nitrogens with zero attached hydrogens (tertiary/aromatic N) is 3. The molecular formula is C22H31F6N3O4S2. The Kier molecular flexibility index (Phi) is 13.1. The van der Waals surface area contributed by atoms with Gasteiger partial charge in [0.2, 0.25) is 6.33 Å². The van der Waals surface area contributed by atoms with Gasteiger partial charge in [0.1, 0.15) is 18.9 Å². The summed E-state index contributed by atoms with van der Waals surface area (Å²) < 4.78 is 114. The standard InChI is InChI=1S/C20H31N2.C2F6NO4S2/c1-2-3-4-5-6-7-8-12-15-21-16-17-22(19-21)18-20-13-10-9-11-14-20;3-1(4,5)14(10,11)9-15(12,13)2(6,7)8/h9-11,13-14,16-17,19H,2-8,12,15,18H2,1H3;/q+1;-1. The maximum Gasteiger partial charge on any atom is 0.480 e. The fourth-order valence-corrected chi connectivity index (χ4v) is 4.81. The van der Waals surface area contributed by atoms with Crippen LogP contribution < -0.4 is 4.57 Å². The van der Waals surface area contributed by atoms with E-state index in [1.54, 1.807) is 0 Å². The number of imidazole rings is 1. The van der Waals surface area contributed by atoms with E-state index in [0.717, 1.165) is 17.2 Å². The first-order chi connectivity index (χ1) is 17.1. The summed E-state index contributed by atoms with van der Waals surface area (Å²) in [5, 5.41) is 0. The van der Waals surface area contributed by atoms with Crippen molar-refractivity contribution < 1.29 is 47.7 Å². The van der Waals surface area contributed by atoms with Gasteiger partial charge in [-0.15, -0.1) is 0 Å². The van der Waals surface area contributed by atoms with Crippen LogP contribution in [0.1, 0.15) is 63.9 Å². The highest BCUT2D eigenvalue weighted by molar-refractivity contribution is 8.13. The van der Waals surface area contributed by atoms with Crippen LogP contribution in [0.2, 0.25) is 0 Å². The first-order valence-electron chi connectivity index (χ1n) is 11.5. The van der Waals surface area contributed by atoms with Crippen molar-refractivity contribution in [2.24, 2.45) is 0 Å². The van der Waals surface area contributed by atoms with Crippen LogP contribution >= 0.6 is 0 Å².